The number of aromatic nitrogens is 4. The SMILES string of the molecule is NCc1ccc(C(=O)NC(=Cc2ccccc2)c2nc(-c3ccc4c(N)n[nH]c4c3)c(Cl)[nH]2)cc1. The molecule has 1 amide bonds. The predicted molar refractivity (Wildman–Crippen MR) is 139 cm³/mol. The van der Waals surface area contributed by atoms with Crippen molar-refractivity contribution in [2.45, 2.75) is 6.54 Å². The van der Waals surface area contributed by atoms with E-state index >= 15 is 0 Å². The average molecular weight is 484 g/mol. The van der Waals surface area contributed by atoms with Crippen molar-refractivity contribution < 1.29 is 4.79 Å². The minimum atomic E-state index is -0.279. The number of amides is 1. The summed E-state index contributed by atoms with van der Waals surface area (Å²) in [4.78, 5) is 20.9. The molecule has 9 heteroatoms. The van der Waals surface area contributed by atoms with Gasteiger partial charge < -0.3 is 21.8 Å². The van der Waals surface area contributed by atoms with Crippen molar-refractivity contribution >= 4 is 46.0 Å². The summed E-state index contributed by atoms with van der Waals surface area (Å²) in [6.45, 7) is 0.408. The summed E-state index contributed by atoms with van der Waals surface area (Å²) in [6, 6.07) is 22.4. The van der Waals surface area contributed by atoms with Crippen molar-refractivity contribution in [3.63, 3.8) is 0 Å². The normalized spacial score (nSPS) is 11.7. The van der Waals surface area contributed by atoms with Crippen molar-refractivity contribution in [2.75, 3.05) is 5.73 Å². The Morgan fingerprint density at radius 3 is 2.57 bits per heavy atom. The van der Waals surface area contributed by atoms with E-state index in [1.807, 2.05) is 66.7 Å². The molecule has 0 saturated carbocycles. The fraction of sp³-hybridized carbons (Fsp3) is 0.0385. The van der Waals surface area contributed by atoms with Crippen molar-refractivity contribution in [1.82, 2.24) is 25.5 Å². The van der Waals surface area contributed by atoms with Gasteiger partial charge in [-0.3, -0.25) is 9.89 Å². The smallest absolute Gasteiger partial charge is 0.255 e. The molecule has 0 spiro atoms. The largest absolute Gasteiger partial charge is 0.382 e. The lowest BCUT2D eigenvalue weighted by molar-refractivity contribution is 0.0973. The van der Waals surface area contributed by atoms with E-state index in [1.165, 1.54) is 0 Å². The quantitative estimate of drug-likeness (QED) is 0.240. The highest BCUT2D eigenvalue weighted by Crippen LogP contribution is 2.31. The molecule has 2 heterocycles. The number of nitrogens with two attached hydrogens (primary N) is 2. The van der Waals surface area contributed by atoms with Crippen molar-refractivity contribution in [2.24, 2.45) is 5.73 Å². The first-order chi connectivity index (χ1) is 17.0. The number of imidazole rings is 1. The average Bonchev–Trinajstić information content (AvgIpc) is 3.46. The Morgan fingerprint density at radius 1 is 1.06 bits per heavy atom. The standard InChI is InChI=1S/C26H22ClN7O/c27-23-22(18-10-11-19-20(13-18)33-34-24(19)29)31-25(32-23)21(12-15-4-2-1-3-5-15)30-26(35)17-8-6-16(14-28)7-9-17/h1-13H,14,28H2,(H,30,35)(H,31,32)(H3,29,33,34). The van der Waals surface area contributed by atoms with Gasteiger partial charge in [0.15, 0.2) is 11.6 Å². The zero-order valence-electron chi connectivity index (χ0n) is 18.5. The van der Waals surface area contributed by atoms with Crippen LogP contribution in [0.3, 0.4) is 0 Å². The van der Waals surface area contributed by atoms with E-state index < -0.39 is 0 Å². The first-order valence-electron chi connectivity index (χ1n) is 10.9. The number of nitrogens with one attached hydrogen (secondary N) is 3. The molecule has 0 unspecified atom stereocenters. The Kier molecular flexibility index (Phi) is 6.05. The summed E-state index contributed by atoms with van der Waals surface area (Å²) in [5.41, 5.74) is 16.4. The van der Waals surface area contributed by atoms with Crippen LogP contribution < -0.4 is 16.8 Å². The summed E-state index contributed by atoms with van der Waals surface area (Å²) in [7, 11) is 0. The molecule has 5 aromatic rings. The van der Waals surface area contributed by atoms with E-state index in [1.54, 1.807) is 12.1 Å². The minimum Gasteiger partial charge on any atom is -0.382 e. The number of fused-ring (bicyclic) bond motifs is 1. The maximum Gasteiger partial charge on any atom is 0.255 e. The Bertz CT molecular complexity index is 1540. The first-order valence-corrected chi connectivity index (χ1v) is 11.3. The summed E-state index contributed by atoms with van der Waals surface area (Å²) < 4.78 is 0. The highest BCUT2D eigenvalue weighted by molar-refractivity contribution is 6.32. The molecule has 0 fully saturated rings. The van der Waals surface area contributed by atoms with Gasteiger partial charge in [0.1, 0.15) is 10.8 Å². The number of halogens is 1. The summed E-state index contributed by atoms with van der Waals surface area (Å²) in [5.74, 6) is 0.569. The predicted octanol–water partition coefficient (Wildman–Crippen LogP) is 4.58. The van der Waals surface area contributed by atoms with Crippen molar-refractivity contribution in [1.29, 1.82) is 0 Å². The molecule has 3 aromatic carbocycles. The van der Waals surface area contributed by atoms with E-state index in [0.717, 1.165) is 27.6 Å². The number of nitrogens with zero attached hydrogens (tertiary/aromatic N) is 2. The van der Waals surface area contributed by atoms with E-state index in [9.17, 15) is 4.79 Å². The molecule has 0 aliphatic heterocycles. The van der Waals surface area contributed by atoms with Gasteiger partial charge in [-0.05, 0) is 41.5 Å². The van der Waals surface area contributed by atoms with Crippen molar-refractivity contribution in [3.8, 4) is 11.3 Å². The fourth-order valence-electron chi connectivity index (χ4n) is 3.73. The molecule has 35 heavy (non-hydrogen) atoms. The van der Waals surface area contributed by atoms with Crippen LogP contribution in [0.2, 0.25) is 5.15 Å². The van der Waals surface area contributed by atoms with Gasteiger partial charge in [0.05, 0.1) is 11.2 Å². The van der Waals surface area contributed by atoms with Crippen LogP contribution >= 0.6 is 11.6 Å². The summed E-state index contributed by atoms with van der Waals surface area (Å²) >= 11 is 6.55. The molecular weight excluding hydrogens is 462 g/mol. The number of aromatic amines is 2. The Balaban J connectivity index is 1.52. The number of rotatable bonds is 6. The van der Waals surface area contributed by atoms with Gasteiger partial charge in [0.2, 0.25) is 0 Å². The van der Waals surface area contributed by atoms with E-state index in [-0.39, 0.29) is 5.91 Å². The maximum absolute atomic E-state index is 13.0. The third-order valence-corrected chi connectivity index (χ3v) is 5.86. The number of hydrogen-bond donors (Lipinski definition) is 5. The third kappa shape index (κ3) is 4.65. The van der Waals surface area contributed by atoms with E-state index in [0.29, 0.717) is 40.3 Å². The van der Waals surface area contributed by atoms with Gasteiger partial charge in [-0.2, -0.15) is 5.10 Å². The van der Waals surface area contributed by atoms with Gasteiger partial charge in [-0.15, -0.1) is 0 Å². The molecule has 174 valence electrons. The molecule has 0 atom stereocenters. The Morgan fingerprint density at radius 2 is 1.83 bits per heavy atom. The van der Waals surface area contributed by atoms with Crippen LogP contribution in [0.15, 0.2) is 72.8 Å². The second kappa shape index (κ2) is 9.46. The molecule has 7 N–H and O–H groups in total. The number of nitrogen functional groups attached to an aromatic ring is 1. The zero-order valence-corrected chi connectivity index (χ0v) is 19.3. The second-order valence-electron chi connectivity index (χ2n) is 7.94. The Hall–Kier alpha value is -4.40. The fourth-order valence-corrected chi connectivity index (χ4v) is 3.97. The first kappa shape index (κ1) is 22.4. The third-order valence-electron chi connectivity index (χ3n) is 5.59. The van der Waals surface area contributed by atoms with E-state index in [2.05, 4.69) is 20.5 Å². The number of anilines is 1. The lowest BCUT2D eigenvalue weighted by atomic mass is 10.1. The van der Waals surface area contributed by atoms with Crippen LogP contribution in [0.4, 0.5) is 5.82 Å². The Labute approximate surface area is 206 Å². The molecule has 0 bridgehead atoms. The number of benzene rings is 3. The maximum atomic E-state index is 13.0. The number of hydrogen-bond acceptors (Lipinski definition) is 5. The van der Waals surface area contributed by atoms with Crippen LogP contribution in [-0.2, 0) is 6.54 Å². The van der Waals surface area contributed by atoms with E-state index in [4.69, 9.17) is 28.1 Å². The molecule has 0 radical (unpaired) electrons. The number of H-pyrrole nitrogens is 2. The lowest BCUT2D eigenvalue weighted by Gasteiger charge is -2.09. The molecule has 0 aliphatic rings. The zero-order chi connectivity index (χ0) is 24.4. The molecule has 2 aromatic heterocycles. The monoisotopic (exact) mass is 483 g/mol. The van der Waals surface area contributed by atoms with Gasteiger partial charge in [0, 0.05) is 23.1 Å². The van der Waals surface area contributed by atoms with Gasteiger partial charge in [0.25, 0.3) is 5.91 Å². The van der Waals surface area contributed by atoms with Crippen LogP contribution in [0.25, 0.3) is 33.9 Å². The molecule has 0 aliphatic carbocycles. The van der Waals surface area contributed by atoms with Crippen LogP contribution in [0, 0.1) is 0 Å². The van der Waals surface area contributed by atoms with Crippen LogP contribution in [0.1, 0.15) is 27.3 Å². The number of carbonyl (C=O) groups is 1. The van der Waals surface area contributed by atoms with Crippen LogP contribution in [-0.4, -0.2) is 26.1 Å². The second-order valence-corrected chi connectivity index (χ2v) is 8.32. The number of carbonyl (C=O) groups excluding carboxylic acids is 1. The van der Waals surface area contributed by atoms with Gasteiger partial charge in [-0.1, -0.05) is 60.1 Å². The van der Waals surface area contributed by atoms with Gasteiger partial charge >= 0.3 is 0 Å². The molecular formula is C26H22ClN7O. The molecule has 5 rings (SSSR count). The summed E-state index contributed by atoms with van der Waals surface area (Å²) in [6.07, 6.45) is 1.84. The van der Waals surface area contributed by atoms with Crippen LogP contribution in [0.5, 0.6) is 0 Å². The molecule has 0 saturated heterocycles. The summed E-state index contributed by atoms with van der Waals surface area (Å²) in [5, 5.41) is 11.1. The highest BCUT2D eigenvalue weighted by Gasteiger charge is 2.17. The van der Waals surface area contributed by atoms with Gasteiger partial charge in [-0.25, -0.2) is 4.98 Å². The lowest BCUT2D eigenvalue weighted by Crippen LogP contribution is -2.22. The minimum absolute atomic E-state index is 0.279. The topological polar surface area (TPSA) is 138 Å². The highest BCUT2D eigenvalue weighted by atomic mass is 35.5. The van der Waals surface area contributed by atoms with Crippen molar-refractivity contribution in [3.05, 3.63) is 100 Å². The molecule has 8 nitrogen and oxygen atoms in total.